The van der Waals surface area contributed by atoms with E-state index in [0.717, 1.165) is 23.1 Å². The molecule has 0 aliphatic heterocycles. The van der Waals surface area contributed by atoms with Crippen LogP contribution in [0.2, 0.25) is 0 Å². The van der Waals surface area contributed by atoms with Gasteiger partial charge in [-0.3, -0.25) is 4.98 Å². The van der Waals surface area contributed by atoms with Crippen LogP contribution in [0.3, 0.4) is 0 Å². The van der Waals surface area contributed by atoms with Crippen molar-refractivity contribution in [2.75, 3.05) is 20.6 Å². The summed E-state index contributed by atoms with van der Waals surface area (Å²) in [5.74, 6) is -2.16. The first-order chi connectivity index (χ1) is 12.8. The molecule has 0 spiro atoms. The van der Waals surface area contributed by atoms with Crippen LogP contribution < -0.4 is 0 Å². The zero-order valence-corrected chi connectivity index (χ0v) is 16.8. The van der Waals surface area contributed by atoms with Crippen LogP contribution >= 0.6 is 15.9 Å². The summed E-state index contributed by atoms with van der Waals surface area (Å²) in [5, 5.41) is 15.6. The molecule has 0 saturated carbocycles. The van der Waals surface area contributed by atoms with Crippen molar-refractivity contribution < 1.29 is 19.8 Å². The van der Waals surface area contributed by atoms with Crippen molar-refractivity contribution in [3.63, 3.8) is 0 Å². The normalized spacial score (nSPS) is 11.7. The molecule has 1 heterocycles. The lowest BCUT2D eigenvalue weighted by atomic mass is 9.92. The molecule has 0 bridgehead atoms. The Morgan fingerprint density at radius 2 is 1.67 bits per heavy atom. The molecule has 0 amide bonds. The Bertz CT molecular complexity index is 730. The Hall–Kier alpha value is -2.51. The van der Waals surface area contributed by atoms with Crippen molar-refractivity contribution in [3.8, 4) is 0 Å². The zero-order valence-electron chi connectivity index (χ0n) is 15.2. The van der Waals surface area contributed by atoms with Crippen LogP contribution in [0.4, 0.5) is 0 Å². The zero-order chi connectivity index (χ0) is 20.2. The largest absolute Gasteiger partial charge is 0.478 e. The van der Waals surface area contributed by atoms with Gasteiger partial charge in [-0.1, -0.05) is 34.1 Å². The third-order valence-corrected chi connectivity index (χ3v) is 4.08. The number of carboxylic acids is 2. The van der Waals surface area contributed by atoms with Crippen LogP contribution in [-0.2, 0) is 9.59 Å². The number of hydrogen-bond donors (Lipinski definition) is 2. The van der Waals surface area contributed by atoms with E-state index in [4.69, 9.17) is 10.2 Å². The summed E-state index contributed by atoms with van der Waals surface area (Å²) < 4.78 is 1.11. The van der Waals surface area contributed by atoms with Crippen molar-refractivity contribution in [2.24, 2.45) is 0 Å². The highest BCUT2D eigenvalue weighted by molar-refractivity contribution is 9.10. The molecule has 2 rings (SSSR count). The maximum atomic E-state index is 9.55. The van der Waals surface area contributed by atoms with E-state index >= 15 is 0 Å². The standard InChI is InChI=1S/C16H19BrN2.C4H4O4/c1-19(2)12-10-15(16-5-3-4-11-18-16)13-6-8-14(17)9-7-13;5-3(6)1-2-4(7)8/h3-9,11,15H,10,12H2,1-2H3;1-2H,(H,5,6)(H,7,8)/b;2-1-/t15-;/m0./s1. The molecule has 0 fully saturated rings. The molecule has 1 atom stereocenters. The van der Waals surface area contributed by atoms with Gasteiger partial charge in [-0.2, -0.15) is 0 Å². The Kier molecular flexibility index (Phi) is 10.00. The first kappa shape index (κ1) is 22.5. The van der Waals surface area contributed by atoms with Crippen molar-refractivity contribution in [3.05, 3.63) is 76.5 Å². The van der Waals surface area contributed by atoms with Crippen LogP contribution in [0, 0.1) is 0 Å². The summed E-state index contributed by atoms with van der Waals surface area (Å²) in [5.41, 5.74) is 2.47. The number of aliphatic carboxylic acids is 2. The number of halogens is 1. The van der Waals surface area contributed by atoms with Crippen LogP contribution in [0.5, 0.6) is 0 Å². The summed E-state index contributed by atoms with van der Waals surface area (Å²) in [6.45, 7) is 1.05. The molecular weight excluding hydrogens is 412 g/mol. The maximum Gasteiger partial charge on any atom is 0.328 e. The molecule has 0 unspecified atom stereocenters. The van der Waals surface area contributed by atoms with Crippen molar-refractivity contribution in [1.29, 1.82) is 0 Å². The molecule has 1 aromatic heterocycles. The van der Waals surface area contributed by atoms with Gasteiger partial charge in [0, 0.05) is 34.4 Å². The molecule has 0 aliphatic carbocycles. The highest BCUT2D eigenvalue weighted by atomic mass is 79.9. The Morgan fingerprint density at radius 3 is 2.11 bits per heavy atom. The fourth-order valence-corrected chi connectivity index (χ4v) is 2.56. The number of carbonyl (C=O) groups is 2. The van der Waals surface area contributed by atoms with E-state index in [1.54, 1.807) is 0 Å². The fourth-order valence-electron chi connectivity index (χ4n) is 2.29. The molecular formula is C20H23BrN2O4. The van der Waals surface area contributed by atoms with E-state index in [1.807, 2.05) is 12.3 Å². The fraction of sp³-hybridized carbons (Fsp3) is 0.250. The second-order valence-electron chi connectivity index (χ2n) is 5.96. The quantitative estimate of drug-likeness (QED) is 0.646. The average molecular weight is 435 g/mol. The van der Waals surface area contributed by atoms with Gasteiger partial charge in [0.05, 0.1) is 0 Å². The molecule has 0 saturated heterocycles. The average Bonchev–Trinajstić information content (AvgIpc) is 2.63. The Balaban J connectivity index is 0.000000387. The van der Waals surface area contributed by atoms with Gasteiger partial charge in [0.25, 0.3) is 0 Å². The van der Waals surface area contributed by atoms with Crippen molar-refractivity contribution >= 4 is 27.9 Å². The van der Waals surface area contributed by atoms with Crippen molar-refractivity contribution in [1.82, 2.24) is 9.88 Å². The van der Waals surface area contributed by atoms with E-state index < -0.39 is 11.9 Å². The summed E-state index contributed by atoms with van der Waals surface area (Å²) in [7, 11) is 4.22. The highest BCUT2D eigenvalue weighted by Gasteiger charge is 2.15. The van der Waals surface area contributed by atoms with Gasteiger partial charge in [0.2, 0.25) is 0 Å². The predicted octanol–water partition coefficient (Wildman–Crippen LogP) is 3.64. The molecule has 0 aliphatic rings. The van der Waals surface area contributed by atoms with Gasteiger partial charge in [0.15, 0.2) is 0 Å². The minimum absolute atomic E-state index is 0.358. The summed E-state index contributed by atoms with van der Waals surface area (Å²) in [4.78, 5) is 25.8. The number of hydrogen-bond acceptors (Lipinski definition) is 4. The number of benzene rings is 1. The van der Waals surface area contributed by atoms with Gasteiger partial charge in [-0.15, -0.1) is 0 Å². The van der Waals surface area contributed by atoms with Gasteiger partial charge < -0.3 is 15.1 Å². The van der Waals surface area contributed by atoms with E-state index in [-0.39, 0.29) is 0 Å². The third-order valence-electron chi connectivity index (χ3n) is 3.55. The number of aromatic nitrogens is 1. The van der Waals surface area contributed by atoms with Crippen molar-refractivity contribution in [2.45, 2.75) is 12.3 Å². The second-order valence-corrected chi connectivity index (χ2v) is 6.88. The topological polar surface area (TPSA) is 90.7 Å². The lowest BCUT2D eigenvalue weighted by Crippen LogP contribution is -2.17. The minimum atomic E-state index is -1.26. The SMILES string of the molecule is CN(C)CC[C@@H](c1ccc(Br)cc1)c1ccccn1.O=C(O)/C=C\C(=O)O. The first-order valence-electron chi connectivity index (χ1n) is 8.24. The monoisotopic (exact) mass is 434 g/mol. The highest BCUT2D eigenvalue weighted by Crippen LogP contribution is 2.27. The van der Waals surface area contributed by atoms with E-state index in [9.17, 15) is 9.59 Å². The number of rotatable bonds is 7. The van der Waals surface area contributed by atoms with E-state index in [2.05, 4.69) is 76.3 Å². The smallest absolute Gasteiger partial charge is 0.328 e. The van der Waals surface area contributed by atoms with E-state index in [0.29, 0.717) is 18.1 Å². The lowest BCUT2D eigenvalue weighted by molar-refractivity contribution is -0.134. The van der Waals surface area contributed by atoms with E-state index in [1.165, 1.54) is 5.56 Å². The Labute approximate surface area is 167 Å². The van der Waals surface area contributed by atoms with Crippen LogP contribution in [0.15, 0.2) is 65.3 Å². The molecule has 2 aromatic rings. The maximum absolute atomic E-state index is 9.55. The second kappa shape index (κ2) is 12.0. The molecule has 27 heavy (non-hydrogen) atoms. The van der Waals surface area contributed by atoms with Crippen LogP contribution in [0.25, 0.3) is 0 Å². The predicted molar refractivity (Wildman–Crippen MR) is 108 cm³/mol. The molecule has 7 heteroatoms. The molecule has 144 valence electrons. The summed E-state index contributed by atoms with van der Waals surface area (Å²) in [6, 6.07) is 14.7. The number of carboxylic acid groups (broad SMARTS) is 2. The third kappa shape index (κ3) is 9.67. The molecule has 6 nitrogen and oxygen atoms in total. The summed E-state index contributed by atoms with van der Waals surface area (Å²) >= 11 is 3.49. The van der Waals surface area contributed by atoms with Gasteiger partial charge >= 0.3 is 11.9 Å². The van der Waals surface area contributed by atoms with Gasteiger partial charge in [0.1, 0.15) is 0 Å². The Morgan fingerprint density at radius 1 is 1.07 bits per heavy atom. The van der Waals surface area contributed by atoms with Gasteiger partial charge in [-0.25, -0.2) is 9.59 Å². The van der Waals surface area contributed by atoms with Crippen LogP contribution in [-0.4, -0.2) is 52.7 Å². The lowest BCUT2D eigenvalue weighted by Gasteiger charge is -2.19. The molecule has 1 aromatic carbocycles. The number of nitrogens with zero attached hydrogens (tertiary/aromatic N) is 2. The molecule has 2 N–H and O–H groups in total. The summed E-state index contributed by atoms with van der Waals surface area (Å²) in [6.07, 6.45) is 4.06. The first-order valence-corrected chi connectivity index (χ1v) is 9.04. The van der Waals surface area contributed by atoms with Gasteiger partial charge in [-0.05, 0) is 56.9 Å². The number of pyridine rings is 1. The van der Waals surface area contributed by atoms with Crippen LogP contribution in [0.1, 0.15) is 23.6 Å². The minimum Gasteiger partial charge on any atom is -0.478 e. The molecule has 0 radical (unpaired) electrons.